The summed E-state index contributed by atoms with van der Waals surface area (Å²) < 4.78 is 24.4. The maximum absolute atomic E-state index is 13.2. The summed E-state index contributed by atoms with van der Waals surface area (Å²) in [6.45, 7) is 7.29. The van der Waals surface area contributed by atoms with Crippen LogP contribution in [0.25, 0.3) is 11.4 Å². The van der Waals surface area contributed by atoms with Gasteiger partial charge in [-0.3, -0.25) is 4.79 Å². The molecular formula is C24H26FN3O3. The third-order valence-corrected chi connectivity index (χ3v) is 5.47. The second-order valence-electron chi connectivity index (χ2n) is 8.36. The number of ether oxygens (including phenoxy) is 1. The van der Waals surface area contributed by atoms with Gasteiger partial charge < -0.3 is 14.2 Å². The van der Waals surface area contributed by atoms with Crippen molar-refractivity contribution in [1.29, 1.82) is 0 Å². The van der Waals surface area contributed by atoms with Gasteiger partial charge in [0.2, 0.25) is 17.6 Å². The van der Waals surface area contributed by atoms with Gasteiger partial charge in [-0.2, -0.15) is 4.98 Å². The zero-order chi connectivity index (χ0) is 22.0. The van der Waals surface area contributed by atoms with Gasteiger partial charge in [0.1, 0.15) is 11.6 Å². The van der Waals surface area contributed by atoms with E-state index >= 15 is 0 Å². The van der Waals surface area contributed by atoms with Crippen LogP contribution >= 0.6 is 0 Å². The third kappa shape index (κ3) is 4.76. The molecular weight excluding hydrogens is 397 g/mol. The normalized spacial score (nSPS) is 17.4. The maximum Gasteiger partial charge on any atom is 0.232 e. The van der Waals surface area contributed by atoms with E-state index < -0.39 is 0 Å². The quantitative estimate of drug-likeness (QED) is 0.536. The predicted molar refractivity (Wildman–Crippen MR) is 114 cm³/mol. The number of hydrogen-bond donors (Lipinski definition) is 0. The van der Waals surface area contributed by atoms with Gasteiger partial charge in [-0.15, -0.1) is 0 Å². The molecule has 2 unspecified atom stereocenters. The number of benzene rings is 2. The predicted octanol–water partition coefficient (Wildman–Crippen LogP) is 4.99. The van der Waals surface area contributed by atoms with Crippen LogP contribution in [-0.4, -0.2) is 34.1 Å². The number of amides is 1. The van der Waals surface area contributed by atoms with Crippen molar-refractivity contribution in [3.05, 3.63) is 65.8 Å². The number of nitrogens with zero attached hydrogens (tertiary/aromatic N) is 3. The first kappa shape index (κ1) is 21.0. The molecule has 162 valence electrons. The van der Waals surface area contributed by atoms with Crippen LogP contribution in [0.15, 0.2) is 53.1 Å². The SMILES string of the molecule is CC(C)COc1ccc(-c2noc(C3CC(=O)N(C(C)c4ccc(F)cc4)C3)n2)cc1. The first-order chi connectivity index (χ1) is 14.9. The van der Waals surface area contributed by atoms with Crippen LogP contribution in [0.1, 0.15) is 50.6 Å². The molecule has 31 heavy (non-hydrogen) atoms. The zero-order valence-electron chi connectivity index (χ0n) is 17.9. The third-order valence-electron chi connectivity index (χ3n) is 5.47. The molecule has 2 heterocycles. The van der Waals surface area contributed by atoms with Crippen molar-refractivity contribution in [3.63, 3.8) is 0 Å². The molecule has 1 saturated heterocycles. The van der Waals surface area contributed by atoms with E-state index in [4.69, 9.17) is 9.26 Å². The molecule has 1 amide bonds. The lowest BCUT2D eigenvalue weighted by molar-refractivity contribution is -0.129. The van der Waals surface area contributed by atoms with Gasteiger partial charge in [-0.1, -0.05) is 31.1 Å². The largest absolute Gasteiger partial charge is 0.493 e. The van der Waals surface area contributed by atoms with Crippen LogP contribution in [0, 0.1) is 11.7 Å². The van der Waals surface area contributed by atoms with Gasteiger partial charge in [-0.25, -0.2) is 4.39 Å². The molecule has 0 spiro atoms. The van der Waals surface area contributed by atoms with Crippen LogP contribution in [0.3, 0.4) is 0 Å². The Morgan fingerprint density at radius 2 is 1.84 bits per heavy atom. The lowest BCUT2D eigenvalue weighted by Gasteiger charge is -2.25. The molecule has 6 nitrogen and oxygen atoms in total. The summed E-state index contributed by atoms with van der Waals surface area (Å²) in [5, 5.41) is 4.10. The summed E-state index contributed by atoms with van der Waals surface area (Å²) in [6, 6.07) is 13.7. The number of rotatable bonds is 7. The number of halogens is 1. The van der Waals surface area contributed by atoms with E-state index in [-0.39, 0.29) is 23.7 Å². The van der Waals surface area contributed by atoms with E-state index in [9.17, 15) is 9.18 Å². The van der Waals surface area contributed by atoms with Gasteiger partial charge in [0.25, 0.3) is 0 Å². The molecule has 1 aromatic heterocycles. The summed E-state index contributed by atoms with van der Waals surface area (Å²) in [6.07, 6.45) is 0.315. The number of hydrogen-bond acceptors (Lipinski definition) is 5. The number of aromatic nitrogens is 2. The monoisotopic (exact) mass is 423 g/mol. The summed E-state index contributed by atoms with van der Waals surface area (Å²) >= 11 is 0. The number of carbonyl (C=O) groups excluding carboxylic acids is 1. The highest BCUT2D eigenvalue weighted by Gasteiger charge is 2.37. The average molecular weight is 423 g/mol. The van der Waals surface area contributed by atoms with Crippen LogP contribution in [0.2, 0.25) is 0 Å². The maximum atomic E-state index is 13.2. The average Bonchev–Trinajstić information content (AvgIpc) is 3.40. The Bertz CT molecular complexity index is 1030. The summed E-state index contributed by atoms with van der Waals surface area (Å²) in [7, 11) is 0. The Hall–Kier alpha value is -3.22. The molecule has 1 aliphatic rings. The van der Waals surface area contributed by atoms with Crippen LogP contribution in [-0.2, 0) is 4.79 Å². The minimum Gasteiger partial charge on any atom is -0.493 e. The first-order valence-electron chi connectivity index (χ1n) is 10.5. The highest BCUT2D eigenvalue weighted by atomic mass is 19.1. The molecule has 2 aromatic carbocycles. The van der Waals surface area contributed by atoms with E-state index in [1.807, 2.05) is 31.2 Å². The standard InChI is InChI=1S/C24H26FN3O3/c1-15(2)14-30-21-10-6-18(7-11-21)23-26-24(31-27-23)19-12-22(29)28(13-19)16(3)17-4-8-20(25)9-5-17/h4-11,15-16,19H,12-14H2,1-3H3. The molecule has 1 fully saturated rings. The summed E-state index contributed by atoms with van der Waals surface area (Å²) in [5.74, 6) is 1.77. The molecule has 0 bridgehead atoms. The second kappa shape index (κ2) is 8.88. The molecule has 0 aliphatic carbocycles. The van der Waals surface area contributed by atoms with E-state index in [1.165, 1.54) is 12.1 Å². The van der Waals surface area contributed by atoms with Gasteiger partial charge >= 0.3 is 0 Å². The smallest absolute Gasteiger partial charge is 0.232 e. The van der Waals surface area contributed by atoms with Crippen molar-refractivity contribution in [1.82, 2.24) is 15.0 Å². The number of likely N-dealkylation sites (tertiary alicyclic amines) is 1. The zero-order valence-corrected chi connectivity index (χ0v) is 17.9. The van der Waals surface area contributed by atoms with Crippen LogP contribution < -0.4 is 4.74 Å². The van der Waals surface area contributed by atoms with Gasteiger partial charge in [0.05, 0.1) is 18.6 Å². The summed E-state index contributed by atoms with van der Waals surface area (Å²) in [5.41, 5.74) is 1.72. The molecule has 2 atom stereocenters. The Labute approximate surface area is 181 Å². The van der Waals surface area contributed by atoms with Crippen molar-refractivity contribution < 1.29 is 18.4 Å². The second-order valence-corrected chi connectivity index (χ2v) is 8.36. The van der Waals surface area contributed by atoms with E-state index in [0.717, 1.165) is 16.9 Å². The van der Waals surface area contributed by atoms with E-state index in [2.05, 4.69) is 24.0 Å². The van der Waals surface area contributed by atoms with Crippen LogP contribution in [0.5, 0.6) is 5.75 Å². The molecule has 3 aromatic rings. The van der Waals surface area contributed by atoms with Crippen LogP contribution in [0.4, 0.5) is 4.39 Å². The van der Waals surface area contributed by atoms with Gasteiger partial charge in [-0.05, 0) is 54.8 Å². The van der Waals surface area contributed by atoms with Gasteiger partial charge in [0.15, 0.2) is 0 Å². The van der Waals surface area contributed by atoms with Crippen molar-refractivity contribution in [2.45, 2.75) is 39.2 Å². The molecule has 1 aliphatic heterocycles. The molecule has 7 heteroatoms. The minimum absolute atomic E-state index is 0.0215. The molecule has 0 N–H and O–H groups in total. The lowest BCUT2D eigenvalue weighted by atomic mass is 10.1. The minimum atomic E-state index is -0.292. The topological polar surface area (TPSA) is 68.5 Å². The molecule has 0 radical (unpaired) electrons. The fraction of sp³-hybridized carbons (Fsp3) is 0.375. The Morgan fingerprint density at radius 3 is 2.52 bits per heavy atom. The number of carbonyl (C=O) groups is 1. The van der Waals surface area contributed by atoms with Crippen molar-refractivity contribution >= 4 is 5.91 Å². The lowest BCUT2D eigenvalue weighted by Crippen LogP contribution is -2.28. The Balaban J connectivity index is 1.43. The first-order valence-corrected chi connectivity index (χ1v) is 10.5. The van der Waals surface area contributed by atoms with Gasteiger partial charge in [0, 0.05) is 18.5 Å². The highest BCUT2D eigenvalue weighted by Crippen LogP contribution is 2.34. The van der Waals surface area contributed by atoms with Crippen molar-refractivity contribution in [2.24, 2.45) is 5.92 Å². The highest BCUT2D eigenvalue weighted by molar-refractivity contribution is 5.80. The van der Waals surface area contributed by atoms with Crippen molar-refractivity contribution in [3.8, 4) is 17.1 Å². The fourth-order valence-corrected chi connectivity index (χ4v) is 3.67. The Morgan fingerprint density at radius 1 is 1.13 bits per heavy atom. The summed E-state index contributed by atoms with van der Waals surface area (Å²) in [4.78, 5) is 18.9. The van der Waals surface area contributed by atoms with E-state index in [0.29, 0.717) is 37.2 Å². The molecule has 0 saturated carbocycles. The van der Waals surface area contributed by atoms with Crippen molar-refractivity contribution in [2.75, 3.05) is 13.2 Å². The molecule has 4 rings (SSSR count). The van der Waals surface area contributed by atoms with E-state index in [1.54, 1.807) is 17.0 Å². The fourth-order valence-electron chi connectivity index (χ4n) is 3.67. The Kier molecular flexibility index (Phi) is 6.02.